The third kappa shape index (κ3) is 2.82. The van der Waals surface area contributed by atoms with E-state index in [9.17, 15) is 4.79 Å². The number of rotatable bonds is 4. The van der Waals surface area contributed by atoms with Crippen LogP contribution in [-0.4, -0.2) is 5.78 Å². The van der Waals surface area contributed by atoms with E-state index in [4.69, 9.17) is 0 Å². The smallest absolute Gasteiger partial charge is 0.140 e. The monoisotopic (exact) mass is 244 g/mol. The molecule has 0 spiro atoms. The average Bonchev–Trinajstić information content (AvgIpc) is 2.70. The molecule has 2 rings (SSSR count). The Balaban J connectivity index is 2.02. The van der Waals surface area contributed by atoms with Crippen LogP contribution in [0, 0.1) is 11.3 Å². The summed E-state index contributed by atoms with van der Waals surface area (Å²) in [5, 5.41) is 0. The highest BCUT2D eigenvalue weighted by molar-refractivity contribution is 5.84. The highest BCUT2D eigenvalue weighted by Gasteiger charge is 2.38. The van der Waals surface area contributed by atoms with Crippen LogP contribution in [-0.2, 0) is 17.6 Å². The number of carbonyl (C=O) groups is 1. The lowest BCUT2D eigenvalue weighted by atomic mass is 9.78. The highest BCUT2D eigenvalue weighted by Crippen LogP contribution is 2.43. The van der Waals surface area contributed by atoms with Crippen LogP contribution in [0.2, 0.25) is 0 Å². The van der Waals surface area contributed by atoms with Gasteiger partial charge < -0.3 is 0 Å². The number of aryl methyl sites for hydroxylation is 1. The van der Waals surface area contributed by atoms with Gasteiger partial charge in [0.05, 0.1) is 0 Å². The van der Waals surface area contributed by atoms with Crippen molar-refractivity contribution in [3.63, 3.8) is 0 Å². The van der Waals surface area contributed by atoms with Crippen LogP contribution < -0.4 is 0 Å². The van der Waals surface area contributed by atoms with E-state index in [0.29, 0.717) is 12.2 Å². The first-order chi connectivity index (χ1) is 8.53. The standard InChI is InChI=1S/C17H24O/c1-4-13-7-9-14(10-8-13)12-16(18)15-6-5-11-17(15,2)3/h7-10,15H,4-6,11-12H2,1-3H3. The average molecular weight is 244 g/mol. The first-order valence-electron chi connectivity index (χ1n) is 7.13. The molecule has 1 saturated carbocycles. The Kier molecular flexibility index (Phi) is 3.89. The van der Waals surface area contributed by atoms with Crippen LogP contribution in [0.1, 0.15) is 51.2 Å². The van der Waals surface area contributed by atoms with E-state index in [1.54, 1.807) is 0 Å². The molecular weight excluding hydrogens is 220 g/mol. The predicted molar refractivity (Wildman–Crippen MR) is 75.7 cm³/mol. The third-order valence-corrected chi connectivity index (χ3v) is 4.46. The fourth-order valence-corrected chi connectivity index (χ4v) is 3.14. The van der Waals surface area contributed by atoms with E-state index in [1.807, 2.05) is 0 Å². The molecule has 1 atom stereocenters. The van der Waals surface area contributed by atoms with Crippen molar-refractivity contribution in [2.45, 2.75) is 52.9 Å². The summed E-state index contributed by atoms with van der Waals surface area (Å²) in [5.74, 6) is 0.699. The minimum Gasteiger partial charge on any atom is -0.299 e. The van der Waals surface area contributed by atoms with Crippen molar-refractivity contribution in [2.75, 3.05) is 0 Å². The van der Waals surface area contributed by atoms with Crippen LogP contribution in [0.3, 0.4) is 0 Å². The number of carbonyl (C=O) groups excluding carboxylic acids is 1. The molecule has 1 aliphatic carbocycles. The third-order valence-electron chi connectivity index (χ3n) is 4.46. The molecule has 0 aliphatic heterocycles. The summed E-state index contributed by atoms with van der Waals surface area (Å²) < 4.78 is 0. The molecule has 0 heterocycles. The van der Waals surface area contributed by atoms with Crippen molar-refractivity contribution in [3.8, 4) is 0 Å². The second kappa shape index (κ2) is 5.26. The molecule has 0 aromatic heterocycles. The Labute approximate surface area is 111 Å². The maximum absolute atomic E-state index is 12.4. The van der Waals surface area contributed by atoms with Gasteiger partial charge in [-0.2, -0.15) is 0 Å². The molecule has 0 bridgehead atoms. The molecule has 1 nitrogen and oxygen atoms in total. The first-order valence-corrected chi connectivity index (χ1v) is 7.13. The molecule has 0 N–H and O–H groups in total. The quantitative estimate of drug-likeness (QED) is 0.776. The molecule has 1 heteroatoms. The maximum Gasteiger partial charge on any atom is 0.140 e. The summed E-state index contributed by atoms with van der Waals surface area (Å²) in [4.78, 5) is 12.4. The first kappa shape index (κ1) is 13.3. The summed E-state index contributed by atoms with van der Waals surface area (Å²) in [7, 11) is 0. The molecular formula is C17H24O. The van der Waals surface area contributed by atoms with E-state index < -0.39 is 0 Å². The number of Topliss-reactive ketones (excluding diaryl/α,β-unsaturated/α-hetero) is 1. The van der Waals surface area contributed by atoms with Crippen molar-refractivity contribution in [3.05, 3.63) is 35.4 Å². The molecule has 1 fully saturated rings. The molecule has 1 aromatic carbocycles. The molecule has 1 aromatic rings. The second-order valence-corrected chi connectivity index (χ2v) is 6.25. The van der Waals surface area contributed by atoms with Gasteiger partial charge in [-0.15, -0.1) is 0 Å². The summed E-state index contributed by atoms with van der Waals surface area (Å²) in [5.41, 5.74) is 2.72. The lowest BCUT2D eigenvalue weighted by Gasteiger charge is -2.25. The molecule has 1 aliphatic rings. The molecule has 0 amide bonds. The zero-order chi connectivity index (χ0) is 13.2. The van der Waals surface area contributed by atoms with Crippen molar-refractivity contribution in [1.29, 1.82) is 0 Å². The lowest BCUT2D eigenvalue weighted by molar-refractivity contribution is -0.124. The molecule has 18 heavy (non-hydrogen) atoms. The van der Waals surface area contributed by atoms with Crippen LogP contribution in [0.15, 0.2) is 24.3 Å². The van der Waals surface area contributed by atoms with Gasteiger partial charge in [0.2, 0.25) is 0 Å². The van der Waals surface area contributed by atoms with Crippen LogP contribution in [0.5, 0.6) is 0 Å². The predicted octanol–water partition coefficient (Wildman–Crippen LogP) is 4.19. The highest BCUT2D eigenvalue weighted by atomic mass is 16.1. The van der Waals surface area contributed by atoms with Gasteiger partial charge in [-0.1, -0.05) is 51.5 Å². The fourth-order valence-electron chi connectivity index (χ4n) is 3.14. The van der Waals surface area contributed by atoms with Gasteiger partial charge in [-0.05, 0) is 35.8 Å². The number of hydrogen-bond donors (Lipinski definition) is 0. The second-order valence-electron chi connectivity index (χ2n) is 6.25. The van der Waals surface area contributed by atoms with E-state index >= 15 is 0 Å². The maximum atomic E-state index is 12.4. The topological polar surface area (TPSA) is 17.1 Å². The SMILES string of the molecule is CCc1ccc(CC(=O)C2CCCC2(C)C)cc1. The molecule has 1 unspecified atom stereocenters. The van der Waals surface area contributed by atoms with Crippen LogP contribution in [0.4, 0.5) is 0 Å². The Morgan fingerprint density at radius 3 is 2.33 bits per heavy atom. The Bertz CT molecular complexity index is 414. The van der Waals surface area contributed by atoms with E-state index in [2.05, 4.69) is 45.0 Å². The van der Waals surface area contributed by atoms with E-state index in [-0.39, 0.29) is 11.3 Å². The number of benzene rings is 1. The van der Waals surface area contributed by atoms with Crippen LogP contribution in [0.25, 0.3) is 0 Å². The molecule has 98 valence electrons. The minimum atomic E-state index is 0.209. The van der Waals surface area contributed by atoms with Gasteiger partial charge >= 0.3 is 0 Å². The van der Waals surface area contributed by atoms with Crippen molar-refractivity contribution in [2.24, 2.45) is 11.3 Å². The van der Waals surface area contributed by atoms with Crippen molar-refractivity contribution >= 4 is 5.78 Å². The summed E-state index contributed by atoms with van der Waals surface area (Å²) in [6, 6.07) is 8.50. The largest absolute Gasteiger partial charge is 0.299 e. The van der Waals surface area contributed by atoms with Gasteiger partial charge in [0, 0.05) is 12.3 Å². The number of hydrogen-bond acceptors (Lipinski definition) is 1. The van der Waals surface area contributed by atoms with Gasteiger partial charge in [-0.3, -0.25) is 4.79 Å². The fraction of sp³-hybridized carbons (Fsp3) is 0.588. The lowest BCUT2D eigenvalue weighted by Crippen LogP contribution is -2.27. The minimum absolute atomic E-state index is 0.209. The Morgan fingerprint density at radius 1 is 1.22 bits per heavy atom. The van der Waals surface area contributed by atoms with Gasteiger partial charge in [-0.25, -0.2) is 0 Å². The zero-order valence-corrected chi connectivity index (χ0v) is 11.8. The van der Waals surface area contributed by atoms with E-state index in [0.717, 1.165) is 12.8 Å². The molecule has 0 radical (unpaired) electrons. The van der Waals surface area contributed by atoms with Gasteiger partial charge in [0.1, 0.15) is 5.78 Å². The van der Waals surface area contributed by atoms with Gasteiger partial charge in [0.15, 0.2) is 0 Å². The Morgan fingerprint density at radius 2 is 1.83 bits per heavy atom. The normalized spacial score (nSPS) is 22.1. The van der Waals surface area contributed by atoms with Crippen molar-refractivity contribution in [1.82, 2.24) is 0 Å². The molecule has 0 saturated heterocycles. The Hall–Kier alpha value is -1.11. The van der Waals surface area contributed by atoms with Crippen LogP contribution >= 0.6 is 0 Å². The van der Waals surface area contributed by atoms with Crippen molar-refractivity contribution < 1.29 is 4.79 Å². The zero-order valence-electron chi connectivity index (χ0n) is 11.8. The number of ketones is 1. The summed E-state index contributed by atoms with van der Waals surface area (Å²) in [6.45, 7) is 6.63. The van der Waals surface area contributed by atoms with E-state index in [1.165, 1.54) is 24.0 Å². The summed E-state index contributed by atoms with van der Waals surface area (Å²) in [6.07, 6.45) is 5.15. The summed E-state index contributed by atoms with van der Waals surface area (Å²) >= 11 is 0. The van der Waals surface area contributed by atoms with Gasteiger partial charge in [0.25, 0.3) is 0 Å².